The Labute approximate surface area is 164 Å². The van der Waals surface area contributed by atoms with Gasteiger partial charge in [0.2, 0.25) is 0 Å². The van der Waals surface area contributed by atoms with Gasteiger partial charge in [-0.15, -0.1) is 0 Å². The van der Waals surface area contributed by atoms with Crippen molar-refractivity contribution in [3.63, 3.8) is 0 Å². The first-order valence-electron chi connectivity index (χ1n) is 7.48. The quantitative estimate of drug-likeness (QED) is 0.131. The van der Waals surface area contributed by atoms with Gasteiger partial charge in [0.05, 0.1) is 29.3 Å². The van der Waals surface area contributed by atoms with Gasteiger partial charge in [-0.2, -0.15) is 0 Å². The molecule has 1 aromatic carbocycles. The third-order valence-electron chi connectivity index (χ3n) is 3.13. The molecule has 0 atom stereocenters. The molecule has 7 nitrogen and oxygen atoms in total. The number of carbonyl (C=O) groups excluding carboxylic acids is 1. The number of carbonyl (C=O) groups is 1. The van der Waals surface area contributed by atoms with Crippen LogP contribution in [-0.4, -0.2) is 29.5 Å². The van der Waals surface area contributed by atoms with E-state index in [9.17, 15) is 9.00 Å². The summed E-state index contributed by atoms with van der Waals surface area (Å²) in [7, 11) is -2.52. The predicted molar refractivity (Wildman–Crippen MR) is 112 cm³/mol. The summed E-state index contributed by atoms with van der Waals surface area (Å²) in [5, 5.41) is 6.51. The van der Waals surface area contributed by atoms with Crippen molar-refractivity contribution in [2.24, 2.45) is 0 Å². The van der Waals surface area contributed by atoms with E-state index in [0.717, 1.165) is 0 Å². The molecule has 4 N–H and O–H groups in total. The van der Waals surface area contributed by atoms with Crippen LogP contribution in [0.15, 0.2) is 46.8 Å². The summed E-state index contributed by atoms with van der Waals surface area (Å²) in [6, 6.07) is 7.31. The minimum atomic E-state index is -2.52. The number of hydroxylamine groups is 1. The molecule has 1 amide bonds. The van der Waals surface area contributed by atoms with Gasteiger partial charge in [0, 0.05) is 41.3 Å². The fourth-order valence-electron chi connectivity index (χ4n) is 2.10. The lowest BCUT2D eigenvalue weighted by atomic mass is 10.1. The number of halogens is 2. The number of amides is 1. The van der Waals surface area contributed by atoms with E-state index in [1.54, 1.807) is 19.3 Å². The lowest BCUT2D eigenvalue weighted by molar-refractivity contribution is -0.129. The van der Waals surface area contributed by atoms with Crippen LogP contribution >= 0.6 is 32.8 Å². The summed E-state index contributed by atoms with van der Waals surface area (Å²) in [4.78, 5) is 17.2. The minimum Gasteiger partial charge on any atom is -0.371 e. The van der Waals surface area contributed by atoms with Crippen molar-refractivity contribution < 1.29 is 13.8 Å². The molecule has 25 heavy (non-hydrogen) atoms. The summed E-state index contributed by atoms with van der Waals surface area (Å²) in [5.74, 6) is -0.363. The van der Waals surface area contributed by atoms with Gasteiger partial charge >= 0.3 is 0 Å². The van der Waals surface area contributed by atoms with E-state index >= 15 is 0 Å². The highest BCUT2D eigenvalue weighted by Crippen LogP contribution is 2.28. The molecule has 1 aliphatic heterocycles. The van der Waals surface area contributed by atoms with Crippen LogP contribution in [0.3, 0.4) is 0 Å². The fraction of sp³-hybridized carbons (Fsp3) is 0.267. The van der Waals surface area contributed by atoms with Crippen LogP contribution in [0.1, 0.15) is 6.92 Å². The van der Waals surface area contributed by atoms with Crippen LogP contribution in [0.25, 0.3) is 0 Å². The zero-order chi connectivity index (χ0) is 18.4. The first kappa shape index (κ1) is 20.0. The van der Waals surface area contributed by atoms with Gasteiger partial charge in [-0.1, -0.05) is 23.7 Å². The molecule has 0 bridgehead atoms. The van der Waals surface area contributed by atoms with Crippen LogP contribution < -0.4 is 20.8 Å². The largest absolute Gasteiger partial charge is 0.371 e. The normalized spacial score (nSPS) is 15.1. The maximum atomic E-state index is 12.3. The zero-order valence-corrected chi connectivity index (χ0v) is 17.5. The summed E-state index contributed by atoms with van der Waals surface area (Å²) in [6.45, 7) is 2.39. The Morgan fingerprint density at radius 3 is 2.72 bits per heavy atom. The first-order valence-corrected chi connectivity index (χ1v) is 12.8. The van der Waals surface area contributed by atoms with Crippen molar-refractivity contribution in [3.8, 4) is 0 Å². The average Bonchev–Trinajstić information content (AvgIpc) is 2.53. The zero-order valence-electron chi connectivity index (χ0n) is 13.7. The average molecular weight is 499 g/mol. The number of hydrogen-bond donors (Lipinski definition) is 5. The lowest BCUT2D eigenvalue weighted by Gasteiger charge is -2.22. The van der Waals surface area contributed by atoms with Crippen LogP contribution in [0.2, 0.25) is 0 Å². The number of nitrogens with one attached hydrogen (secondary N) is 4. The highest BCUT2D eigenvalue weighted by atomic mass is 127. The summed E-state index contributed by atoms with van der Waals surface area (Å²) < 4.78 is 15.1. The van der Waals surface area contributed by atoms with Crippen LogP contribution in [0, 0.1) is 0 Å². The Morgan fingerprint density at radius 1 is 1.40 bits per heavy atom. The maximum absolute atomic E-state index is 12.3. The second-order valence-electron chi connectivity index (χ2n) is 5.20. The van der Waals surface area contributed by atoms with Gasteiger partial charge in [0.15, 0.2) is 0 Å². The van der Waals surface area contributed by atoms with Crippen molar-refractivity contribution in [2.75, 3.05) is 29.4 Å². The molecule has 0 unspecified atom stereocenters. The smallest absolute Gasteiger partial charge is 0.274 e. The number of anilines is 2. The molecule has 0 aromatic heterocycles. The predicted octanol–water partition coefficient (Wildman–Crippen LogP) is 2.43. The van der Waals surface area contributed by atoms with E-state index in [4.69, 9.17) is 16.4 Å². The molecule has 1 heterocycles. The van der Waals surface area contributed by atoms with E-state index in [1.165, 1.54) is 0 Å². The Morgan fingerprint density at radius 2 is 2.08 bits per heavy atom. The molecular weight excluding hydrogens is 479 g/mol. The number of benzene rings is 1. The first-order chi connectivity index (χ1) is 11.8. The van der Waals surface area contributed by atoms with Gasteiger partial charge in [0.1, 0.15) is 5.16 Å². The maximum Gasteiger partial charge on any atom is 0.274 e. The van der Waals surface area contributed by atoms with Gasteiger partial charge < -0.3 is 15.4 Å². The standard InChI is InChI=1S/C15H20ClIN4O3S/c1-3-24-20-15(22)10-9-18-14(16)8-13(10)19-11-6-4-5-7-12(11)21-25(2,17)23/h4-8,18-19,25H,3,9H2,1-2H3,(H,20,22)(H,21,23). The third kappa shape index (κ3) is 6.17. The Kier molecular flexibility index (Phi) is 7.11. The topological polar surface area (TPSA) is 91.5 Å². The molecule has 0 aliphatic carbocycles. The molecule has 1 aromatic rings. The van der Waals surface area contributed by atoms with Crippen LogP contribution in [0.5, 0.6) is 0 Å². The summed E-state index contributed by atoms with van der Waals surface area (Å²) in [6.07, 6.45) is 3.25. The van der Waals surface area contributed by atoms with Crippen LogP contribution in [0.4, 0.5) is 11.4 Å². The van der Waals surface area contributed by atoms with Gasteiger partial charge in [-0.25, -0.2) is 5.48 Å². The number of allylic oxidation sites excluding steroid dienone is 1. The van der Waals surface area contributed by atoms with Crippen LogP contribution in [-0.2, 0) is 16.9 Å². The van der Waals surface area contributed by atoms with Gasteiger partial charge in [-0.05, 0) is 25.1 Å². The molecule has 0 saturated carbocycles. The van der Waals surface area contributed by atoms with E-state index < -0.39 is 7.29 Å². The van der Waals surface area contributed by atoms with E-state index in [0.29, 0.717) is 34.4 Å². The van der Waals surface area contributed by atoms with Crippen molar-refractivity contribution >= 4 is 57.4 Å². The third-order valence-corrected chi connectivity index (χ3v) is 4.74. The summed E-state index contributed by atoms with van der Waals surface area (Å²) in [5.41, 5.74) is 4.71. The number of para-hydroxylation sites is 2. The Bertz CT molecular complexity index is 763. The van der Waals surface area contributed by atoms with E-state index in [-0.39, 0.29) is 12.5 Å². The van der Waals surface area contributed by atoms with Crippen molar-refractivity contribution in [2.45, 2.75) is 6.92 Å². The molecule has 0 saturated heterocycles. The molecule has 138 valence electrons. The molecule has 0 radical (unpaired) electrons. The highest BCUT2D eigenvalue weighted by molar-refractivity contribution is 14.2. The molecule has 0 spiro atoms. The van der Waals surface area contributed by atoms with Crippen molar-refractivity contribution in [1.29, 1.82) is 0 Å². The number of hydrogen-bond acceptors (Lipinski definition) is 5. The molecule has 10 heteroatoms. The Balaban J connectivity index is 2.33. The SMILES string of the molecule is CCONC(=O)C1=C(Nc2ccccc2N[SH](C)(=O)I)C=C(Cl)NC1. The highest BCUT2D eigenvalue weighted by Gasteiger charge is 2.20. The van der Waals surface area contributed by atoms with Crippen molar-refractivity contribution in [1.82, 2.24) is 10.8 Å². The number of thiol groups is 1. The second-order valence-corrected chi connectivity index (χ2v) is 13.0. The minimum absolute atomic E-state index is 0.255. The lowest BCUT2D eigenvalue weighted by Crippen LogP contribution is -2.33. The Hall–Kier alpha value is -1.30. The number of rotatable bonds is 7. The molecular formula is C15H20ClIN4O3S. The molecule has 2 rings (SSSR count). The van der Waals surface area contributed by atoms with Crippen molar-refractivity contribution in [3.05, 3.63) is 46.8 Å². The summed E-state index contributed by atoms with van der Waals surface area (Å²) >= 11 is 7.93. The van der Waals surface area contributed by atoms with Gasteiger partial charge in [0.25, 0.3) is 5.91 Å². The number of dihydropyridines is 1. The van der Waals surface area contributed by atoms with E-state index in [1.807, 2.05) is 45.5 Å². The monoisotopic (exact) mass is 498 g/mol. The molecule has 1 aliphatic rings. The van der Waals surface area contributed by atoms with Gasteiger partial charge in [-0.3, -0.25) is 13.8 Å². The van der Waals surface area contributed by atoms with E-state index in [2.05, 4.69) is 20.8 Å². The fourth-order valence-corrected chi connectivity index (χ4v) is 3.68. The molecule has 0 fully saturated rings. The second kappa shape index (κ2) is 8.88.